The molecule has 0 fully saturated rings. The summed E-state index contributed by atoms with van der Waals surface area (Å²) in [5.41, 5.74) is 5.01. The van der Waals surface area contributed by atoms with Gasteiger partial charge < -0.3 is 11.1 Å². The molecule has 0 aliphatic rings. The van der Waals surface area contributed by atoms with E-state index in [-0.39, 0.29) is 23.0 Å². The maximum Gasteiger partial charge on any atom is 0.243 e. The number of carbonyl (C=O) groups is 1. The van der Waals surface area contributed by atoms with Crippen LogP contribution in [0.5, 0.6) is 0 Å². The van der Waals surface area contributed by atoms with Gasteiger partial charge in [-0.1, -0.05) is 15.9 Å². The minimum Gasteiger partial charge on any atom is -0.398 e. The van der Waals surface area contributed by atoms with Crippen molar-refractivity contribution in [2.75, 3.05) is 19.3 Å². The van der Waals surface area contributed by atoms with Gasteiger partial charge in [0.25, 0.3) is 0 Å². The van der Waals surface area contributed by atoms with Crippen LogP contribution in [0.3, 0.4) is 0 Å². The van der Waals surface area contributed by atoms with Gasteiger partial charge in [0.2, 0.25) is 15.9 Å². The highest BCUT2D eigenvalue weighted by molar-refractivity contribution is 9.11. The van der Waals surface area contributed by atoms with Crippen molar-refractivity contribution in [3.05, 3.63) is 21.1 Å². The number of nitrogens with two attached hydrogens (primary N) is 1. The second kappa shape index (κ2) is 6.64. The van der Waals surface area contributed by atoms with Crippen LogP contribution in [0.1, 0.15) is 13.8 Å². The highest BCUT2D eigenvalue weighted by atomic mass is 79.9. The van der Waals surface area contributed by atoms with Crippen molar-refractivity contribution in [1.82, 2.24) is 10.0 Å². The fourth-order valence-electron chi connectivity index (χ4n) is 1.63. The number of nitrogen functional groups attached to an aromatic ring is 1. The predicted octanol–water partition coefficient (Wildman–Crippen LogP) is 1.84. The molecule has 9 heteroatoms. The highest BCUT2D eigenvalue weighted by Gasteiger charge is 2.30. The SMILES string of the molecule is CNC(=O)C(C)(C)CNS(=O)(=O)c1c(N)cc(Br)cc1Br. The normalized spacial score (nSPS) is 12.2. The number of hydrogen-bond donors (Lipinski definition) is 3. The van der Waals surface area contributed by atoms with Gasteiger partial charge in [-0.25, -0.2) is 13.1 Å². The first-order valence-corrected chi connectivity index (χ1v) is 9.04. The number of carbonyl (C=O) groups excluding carboxylic acids is 1. The molecular weight excluding hydrogens is 426 g/mol. The summed E-state index contributed by atoms with van der Waals surface area (Å²) in [5.74, 6) is -0.256. The molecule has 0 heterocycles. The fourth-order valence-corrected chi connectivity index (χ4v) is 4.91. The van der Waals surface area contributed by atoms with Gasteiger partial charge in [0.1, 0.15) is 4.90 Å². The number of nitrogens with one attached hydrogen (secondary N) is 2. The lowest BCUT2D eigenvalue weighted by Gasteiger charge is -2.23. The van der Waals surface area contributed by atoms with Gasteiger partial charge >= 0.3 is 0 Å². The quantitative estimate of drug-likeness (QED) is 0.605. The number of rotatable bonds is 5. The van der Waals surface area contributed by atoms with Crippen molar-refractivity contribution in [2.45, 2.75) is 18.7 Å². The van der Waals surface area contributed by atoms with Crippen LogP contribution in [0.15, 0.2) is 26.0 Å². The Kier molecular flexibility index (Phi) is 5.82. The third-order valence-corrected chi connectivity index (χ3v) is 5.71. The molecule has 0 atom stereocenters. The van der Waals surface area contributed by atoms with E-state index < -0.39 is 15.4 Å². The first-order valence-electron chi connectivity index (χ1n) is 5.97. The van der Waals surface area contributed by atoms with Crippen molar-refractivity contribution in [3.8, 4) is 0 Å². The number of amides is 1. The number of hydrogen-bond acceptors (Lipinski definition) is 4. The van der Waals surface area contributed by atoms with E-state index in [1.54, 1.807) is 19.9 Å². The summed E-state index contributed by atoms with van der Waals surface area (Å²) < 4.78 is 28.2. The molecule has 0 aliphatic carbocycles. The summed E-state index contributed by atoms with van der Waals surface area (Å²) in [5, 5.41) is 2.50. The maximum absolute atomic E-state index is 12.4. The van der Waals surface area contributed by atoms with Crippen LogP contribution in [0.25, 0.3) is 0 Å². The Morgan fingerprint density at radius 1 is 1.33 bits per heavy atom. The Morgan fingerprint density at radius 3 is 2.38 bits per heavy atom. The largest absolute Gasteiger partial charge is 0.398 e. The zero-order chi connectivity index (χ0) is 16.4. The van der Waals surface area contributed by atoms with Gasteiger partial charge in [0.15, 0.2) is 0 Å². The summed E-state index contributed by atoms with van der Waals surface area (Å²) in [4.78, 5) is 11.6. The van der Waals surface area contributed by atoms with E-state index >= 15 is 0 Å². The van der Waals surface area contributed by atoms with Crippen molar-refractivity contribution in [2.24, 2.45) is 5.41 Å². The lowest BCUT2D eigenvalue weighted by Crippen LogP contribution is -2.43. The third-order valence-electron chi connectivity index (χ3n) is 2.85. The van der Waals surface area contributed by atoms with Crippen LogP contribution >= 0.6 is 31.9 Å². The average molecular weight is 443 g/mol. The van der Waals surface area contributed by atoms with Crippen LogP contribution in [0, 0.1) is 5.41 Å². The molecule has 0 radical (unpaired) electrons. The second-order valence-electron chi connectivity index (χ2n) is 5.09. The Hall–Kier alpha value is -0.640. The predicted molar refractivity (Wildman–Crippen MR) is 89.3 cm³/mol. The number of anilines is 1. The van der Waals surface area contributed by atoms with E-state index in [0.717, 1.165) is 0 Å². The van der Waals surface area contributed by atoms with E-state index in [0.29, 0.717) is 8.95 Å². The Labute approximate surface area is 141 Å². The Morgan fingerprint density at radius 2 is 1.90 bits per heavy atom. The summed E-state index contributed by atoms with van der Waals surface area (Å²) in [6.07, 6.45) is 0. The summed E-state index contributed by atoms with van der Waals surface area (Å²) in [6, 6.07) is 3.10. The maximum atomic E-state index is 12.4. The van der Waals surface area contributed by atoms with Gasteiger partial charge in [-0.2, -0.15) is 0 Å². The molecule has 0 saturated carbocycles. The van der Waals surface area contributed by atoms with Crippen molar-refractivity contribution >= 4 is 53.5 Å². The molecule has 1 amide bonds. The van der Waals surface area contributed by atoms with Gasteiger partial charge in [-0.3, -0.25) is 4.79 Å². The molecule has 0 bridgehead atoms. The van der Waals surface area contributed by atoms with Crippen LogP contribution in [-0.4, -0.2) is 27.9 Å². The Bertz CT molecular complexity index is 637. The molecule has 0 saturated heterocycles. The van der Waals surface area contributed by atoms with Gasteiger partial charge in [0.05, 0.1) is 11.1 Å². The molecule has 0 aromatic heterocycles. The molecule has 4 N–H and O–H groups in total. The first kappa shape index (κ1) is 18.4. The van der Waals surface area contributed by atoms with Crippen LogP contribution in [-0.2, 0) is 14.8 Å². The number of sulfonamides is 1. The van der Waals surface area contributed by atoms with Crippen LogP contribution in [0.2, 0.25) is 0 Å². The zero-order valence-corrected chi connectivity index (χ0v) is 15.8. The van der Waals surface area contributed by atoms with Gasteiger partial charge in [-0.15, -0.1) is 0 Å². The zero-order valence-electron chi connectivity index (χ0n) is 11.8. The topological polar surface area (TPSA) is 101 Å². The molecular formula is C12H17Br2N3O3S. The minimum atomic E-state index is -3.84. The van der Waals surface area contributed by atoms with Crippen LogP contribution in [0.4, 0.5) is 5.69 Å². The summed E-state index contributed by atoms with van der Waals surface area (Å²) in [7, 11) is -2.33. The Balaban J connectivity index is 3.07. The van der Waals surface area contributed by atoms with E-state index in [2.05, 4.69) is 41.9 Å². The van der Waals surface area contributed by atoms with E-state index in [9.17, 15) is 13.2 Å². The van der Waals surface area contributed by atoms with Gasteiger partial charge in [0, 0.05) is 22.5 Å². The summed E-state index contributed by atoms with van der Waals surface area (Å²) >= 11 is 6.42. The molecule has 1 rings (SSSR count). The van der Waals surface area contributed by atoms with Crippen molar-refractivity contribution < 1.29 is 13.2 Å². The molecule has 6 nitrogen and oxygen atoms in total. The van der Waals surface area contributed by atoms with Crippen molar-refractivity contribution in [3.63, 3.8) is 0 Å². The molecule has 1 aromatic carbocycles. The second-order valence-corrected chi connectivity index (χ2v) is 8.57. The van der Waals surface area contributed by atoms with E-state index in [1.807, 2.05) is 0 Å². The molecule has 0 aliphatic heterocycles. The highest BCUT2D eigenvalue weighted by Crippen LogP contribution is 2.31. The molecule has 118 valence electrons. The standard InChI is InChI=1S/C12H17Br2N3O3S/c1-12(2,11(18)16-3)6-17-21(19,20)10-8(14)4-7(13)5-9(10)15/h4-5,17H,6,15H2,1-3H3,(H,16,18). The average Bonchev–Trinajstić information content (AvgIpc) is 2.34. The third kappa shape index (κ3) is 4.41. The van der Waals surface area contributed by atoms with Crippen molar-refractivity contribution in [1.29, 1.82) is 0 Å². The monoisotopic (exact) mass is 441 g/mol. The van der Waals surface area contributed by atoms with E-state index in [1.165, 1.54) is 13.1 Å². The fraction of sp³-hybridized carbons (Fsp3) is 0.417. The van der Waals surface area contributed by atoms with Gasteiger partial charge in [-0.05, 0) is 41.9 Å². The minimum absolute atomic E-state index is 0.0431. The lowest BCUT2D eigenvalue weighted by atomic mass is 9.93. The van der Waals surface area contributed by atoms with Crippen LogP contribution < -0.4 is 15.8 Å². The first-order chi connectivity index (χ1) is 9.51. The number of benzene rings is 1. The molecule has 21 heavy (non-hydrogen) atoms. The molecule has 0 unspecified atom stereocenters. The number of halogens is 2. The smallest absolute Gasteiger partial charge is 0.243 e. The summed E-state index contributed by atoms with van der Waals surface area (Å²) in [6.45, 7) is 3.25. The van der Waals surface area contributed by atoms with E-state index in [4.69, 9.17) is 5.73 Å². The molecule has 1 aromatic rings. The lowest BCUT2D eigenvalue weighted by molar-refractivity contribution is -0.128. The molecule has 0 spiro atoms.